The molecule has 1 saturated carbocycles. The fourth-order valence-corrected chi connectivity index (χ4v) is 4.06. The Kier molecular flexibility index (Phi) is 5.76. The van der Waals surface area contributed by atoms with E-state index in [1.54, 1.807) is 9.80 Å². The summed E-state index contributed by atoms with van der Waals surface area (Å²) in [6.45, 7) is 1.39. The summed E-state index contributed by atoms with van der Waals surface area (Å²) in [6.07, 6.45) is 2.57. The number of piperazine rings is 1. The molecular formula is C18H25N3O6. The number of amides is 4. The number of carboxylic acid groups (broad SMARTS) is 1. The third kappa shape index (κ3) is 4.28. The Labute approximate surface area is 157 Å². The number of hydrogen-bond donors (Lipinski definition) is 1. The first-order valence-electron chi connectivity index (χ1n) is 9.49. The fourth-order valence-electron chi connectivity index (χ4n) is 4.06. The zero-order valence-electron chi connectivity index (χ0n) is 15.3. The quantitative estimate of drug-likeness (QED) is 0.671. The Balaban J connectivity index is 1.45. The average molecular weight is 379 g/mol. The van der Waals surface area contributed by atoms with E-state index in [0.717, 1.165) is 4.90 Å². The van der Waals surface area contributed by atoms with Crippen molar-refractivity contribution < 1.29 is 29.1 Å². The summed E-state index contributed by atoms with van der Waals surface area (Å²) in [4.78, 5) is 63.6. The van der Waals surface area contributed by atoms with Crippen molar-refractivity contribution in [2.45, 2.75) is 38.5 Å². The molecule has 0 spiro atoms. The molecule has 4 amide bonds. The van der Waals surface area contributed by atoms with Crippen LogP contribution in [0.15, 0.2) is 0 Å². The Morgan fingerprint density at radius 3 is 1.81 bits per heavy atom. The highest BCUT2D eigenvalue weighted by molar-refractivity contribution is 6.04. The van der Waals surface area contributed by atoms with Gasteiger partial charge in [-0.15, -0.1) is 0 Å². The van der Waals surface area contributed by atoms with Crippen LogP contribution in [0.5, 0.6) is 0 Å². The zero-order valence-corrected chi connectivity index (χ0v) is 15.3. The summed E-state index contributed by atoms with van der Waals surface area (Å²) in [5.41, 5.74) is 0. The van der Waals surface area contributed by atoms with E-state index in [0.29, 0.717) is 51.9 Å². The van der Waals surface area contributed by atoms with Crippen molar-refractivity contribution in [1.82, 2.24) is 14.7 Å². The molecule has 1 N–H and O–H groups in total. The van der Waals surface area contributed by atoms with E-state index in [4.69, 9.17) is 5.11 Å². The molecule has 9 heteroatoms. The minimum atomic E-state index is -0.789. The Hall–Kier alpha value is -2.45. The van der Waals surface area contributed by atoms with Gasteiger partial charge in [0.15, 0.2) is 0 Å². The van der Waals surface area contributed by atoms with E-state index in [-0.39, 0.29) is 54.9 Å². The van der Waals surface area contributed by atoms with Crippen molar-refractivity contribution in [3.8, 4) is 0 Å². The van der Waals surface area contributed by atoms with Gasteiger partial charge in [-0.3, -0.25) is 28.9 Å². The second-order valence-corrected chi connectivity index (χ2v) is 7.47. The smallest absolute Gasteiger partial charge is 0.306 e. The molecule has 3 aliphatic rings. The SMILES string of the molecule is O=C(O)C1CCC(C(=O)N2CCN(C(=O)CN3C(=O)CCC3=O)CC2)CC1. The van der Waals surface area contributed by atoms with Crippen LogP contribution < -0.4 is 0 Å². The number of nitrogens with zero attached hydrogens (tertiary/aromatic N) is 3. The molecule has 0 unspecified atom stereocenters. The second-order valence-electron chi connectivity index (χ2n) is 7.47. The van der Waals surface area contributed by atoms with Gasteiger partial charge in [0.2, 0.25) is 23.6 Å². The highest BCUT2D eigenvalue weighted by Crippen LogP contribution is 2.30. The van der Waals surface area contributed by atoms with Gasteiger partial charge in [-0.1, -0.05) is 0 Å². The predicted octanol–water partition coefficient (Wildman–Crippen LogP) is -0.303. The molecule has 3 rings (SSSR count). The van der Waals surface area contributed by atoms with Gasteiger partial charge in [0.05, 0.1) is 5.92 Å². The van der Waals surface area contributed by atoms with E-state index in [2.05, 4.69) is 0 Å². The first-order chi connectivity index (χ1) is 12.9. The minimum Gasteiger partial charge on any atom is -0.481 e. The van der Waals surface area contributed by atoms with Crippen molar-refractivity contribution in [2.75, 3.05) is 32.7 Å². The Morgan fingerprint density at radius 2 is 1.30 bits per heavy atom. The molecule has 148 valence electrons. The van der Waals surface area contributed by atoms with Gasteiger partial charge in [0.1, 0.15) is 6.54 Å². The number of carbonyl (C=O) groups excluding carboxylic acids is 4. The summed E-state index contributed by atoms with van der Waals surface area (Å²) in [6, 6.07) is 0. The molecule has 0 aromatic heterocycles. The molecule has 2 aliphatic heterocycles. The fraction of sp³-hybridized carbons (Fsp3) is 0.722. The van der Waals surface area contributed by atoms with Crippen molar-refractivity contribution in [3.63, 3.8) is 0 Å². The van der Waals surface area contributed by atoms with E-state index < -0.39 is 5.97 Å². The van der Waals surface area contributed by atoms with Gasteiger partial charge in [-0.2, -0.15) is 0 Å². The van der Waals surface area contributed by atoms with Crippen molar-refractivity contribution in [1.29, 1.82) is 0 Å². The van der Waals surface area contributed by atoms with Gasteiger partial charge in [0, 0.05) is 44.9 Å². The lowest BCUT2D eigenvalue weighted by Crippen LogP contribution is -2.54. The Bertz CT molecular complexity index is 631. The third-order valence-corrected chi connectivity index (χ3v) is 5.82. The van der Waals surface area contributed by atoms with Crippen LogP contribution in [-0.2, 0) is 24.0 Å². The topological polar surface area (TPSA) is 115 Å². The second kappa shape index (κ2) is 8.06. The molecule has 2 saturated heterocycles. The molecule has 0 bridgehead atoms. The van der Waals surface area contributed by atoms with Crippen LogP contribution in [0.25, 0.3) is 0 Å². The number of carbonyl (C=O) groups is 5. The molecule has 2 heterocycles. The predicted molar refractivity (Wildman–Crippen MR) is 92.2 cm³/mol. The van der Waals surface area contributed by atoms with Crippen molar-refractivity contribution in [2.24, 2.45) is 11.8 Å². The number of imide groups is 1. The maximum atomic E-state index is 12.6. The number of aliphatic carboxylic acids is 1. The minimum absolute atomic E-state index is 0.0378. The number of rotatable bonds is 4. The van der Waals surface area contributed by atoms with Crippen LogP contribution in [0, 0.1) is 11.8 Å². The average Bonchev–Trinajstić information content (AvgIpc) is 2.99. The number of hydrogen-bond acceptors (Lipinski definition) is 5. The van der Waals surface area contributed by atoms with Crippen LogP contribution in [0.3, 0.4) is 0 Å². The van der Waals surface area contributed by atoms with E-state index in [9.17, 15) is 24.0 Å². The maximum Gasteiger partial charge on any atom is 0.306 e. The van der Waals surface area contributed by atoms with Crippen LogP contribution in [0.1, 0.15) is 38.5 Å². The van der Waals surface area contributed by atoms with Crippen LogP contribution in [-0.4, -0.2) is 82.1 Å². The van der Waals surface area contributed by atoms with Gasteiger partial charge >= 0.3 is 5.97 Å². The molecule has 0 aromatic rings. The summed E-state index contributed by atoms with van der Waals surface area (Å²) >= 11 is 0. The van der Waals surface area contributed by atoms with Crippen LogP contribution >= 0.6 is 0 Å². The number of carboxylic acids is 1. The van der Waals surface area contributed by atoms with Crippen molar-refractivity contribution in [3.05, 3.63) is 0 Å². The molecule has 1 aliphatic carbocycles. The summed E-state index contributed by atoms with van der Waals surface area (Å²) in [7, 11) is 0. The van der Waals surface area contributed by atoms with Gasteiger partial charge in [-0.25, -0.2) is 0 Å². The summed E-state index contributed by atoms with van der Waals surface area (Å²) in [5.74, 6) is -2.12. The van der Waals surface area contributed by atoms with E-state index >= 15 is 0 Å². The standard InChI is InChI=1S/C18H25N3O6/c22-14-5-6-15(23)21(14)11-16(24)19-7-9-20(10-8-19)17(25)12-1-3-13(4-2-12)18(26)27/h12-13H,1-11H2,(H,26,27). The summed E-state index contributed by atoms with van der Waals surface area (Å²) < 4.78 is 0. The summed E-state index contributed by atoms with van der Waals surface area (Å²) in [5, 5.41) is 9.05. The number of likely N-dealkylation sites (tertiary alicyclic amines) is 1. The molecule has 27 heavy (non-hydrogen) atoms. The van der Waals surface area contributed by atoms with E-state index in [1.807, 2.05) is 0 Å². The molecule has 3 fully saturated rings. The molecule has 0 radical (unpaired) electrons. The molecule has 0 atom stereocenters. The van der Waals surface area contributed by atoms with Crippen LogP contribution in [0.4, 0.5) is 0 Å². The normalized spacial score (nSPS) is 26.4. The monoisotopic (exact) mass is 379 g/mol. The first kappa shape index (κ1) is 19.3. The highest BCUT2D eigenvalue weighted by atomic mass is 16.4. The molecule has 9 nitrogen and oxygen atoms in total. The highest BCUT2D eigenvalue weighted by Gasteiger charge is 2.35. The van der Waals surface area contributed by atoms with Crippen LogP contribution in [0.2, 0.25) is 0 Å². The van der Waals surface area contributed by atoms with Gasteiger partial charge in [-0.05, 0) is 25.7 Å². The molecular weight excluding hydrogens is 354 g/mol. The largest absolute Gasteiger partial charge is 0.481 e. The van der Waals surface area contributed by atoms with Gasteiger partial charge < -0.3 is 14.9 Å². The molecule has 0 aromatic carbocycles. The maximum absolute atomic E-state index is 12.6. The van der Waals surface area contributed by atoms with E-state index in [1.165, 1.54) is 0 Å². The third-order valence-electron chi connectivity index (χ3n) is 5.82. The van der Waals surface area contributed by atoms with Gasteiger partial charge in [0.25, 0.3) is 0 Å². The lowest BCUT2D eigenvalue weighted by atomic mass is 9.81. The Morgan fingerprint density at radius 1 is 0.815 bits per heavy atom. The first-order valence-corrected chi connectivity index (χ1v) is 9.49. The van der Waals surface area contributed by atoms with Crippen molar-refractivity contribution >= 4 is 29.6 Å². The lowest BCUT2D eigenvalue weighted by Gasteiger charge is -2.38. The zero-order chi connectivity index (χ0) is 19.6. The lowest BCUT2D eigenvalue weighted by molar-refractivity contribution is -0.149.